The van der Waals surface area contributed by atoms with E-state index in [0.717, 1.165) is 34.4 Å². The van der Waals surface area contributed by atoms with E-state index in [1.165, 1.54) is 12.1 Å². The van der Waals surface area contributed by atoms with Crippen molar-refractivity contribution in [1.82, 2.24) is 0 Å². The Bertz CT molecular complexity index is 1410. The molecule has 0 radical (unpaired) electrons. The Hall–Kier alpha value is -3.65. The Balaban J connectivity index is 1.46. The molecule has 0 aromatic heterocycles. The van der Waals surface area contributed by atoms with Crippen molar-refractivity contribution in [1.29, 1.82) is 0 Å². The topological polar surface area (TPSA) is 101 Å². The lowest BCUT2D eigenvalue weighted by Crippen LogP contribution is -2.29. The highest BCUT2D eigenvalue weighted by Gasteiger charge is 2.38. The number of nitrogens with zero attached hydrogens (tertiary/aromatic N) is 1. The molecular weight excluding hydrogens is 450 g/mol. The lowest BCUT2D eigenvalue weighted by Gasteiger charge is -2.37. The number of hydrogen-bond donors (Lipinski definition) is 2. The van der Waals surface area contributed by atoms with Gasteiger partial charge in [-0.15, -0.1) is 0 Å². The minimum absolute atomic E-state index is 0.0237. The minimum Gasteiger partial charge on any atom is -0.378 e. The van der Waals surface area contributed by atoms with E-state index in [1.807, 2.05) is 32.0 Å². The summed E-state index contributed by atoms with van der Waals surface area (Å²) in [7, 11) is -3.75. The average molecular weight is 476 g/mol. The number of non-ortho nitro benzene ring substituents is 1. The molecule has 1 aliphatic heterocycles. The molecule has 0 saturated carbocycles. The van der Waals surface area contributed by atoms with Gasteiger partial charge in [0.2, 0.25) is 0 Å². The summed E-state index contributed by atoms with van der Waals surface area (Å²) in [5.74, 6) is 0.257. The van der Waals surface area contributed by atoms with Crippen molar-refractivity contribution in [3.8, 4) is 0 Å². The lowest BCUT2D eigenvalue weighted by molar-refractivity contribution is -0.384. The number of aryl methyl sites for hydroxylation is 2. The fourth-order valence-corrected chi connectivity index (χ4v) is 5.98. The highest BCUT2D eigenvalue weighted by Crippen LogP contribution is 2.50. The summed E-state index contributed by atoms with van der Waals surface area (Å²) < 4.78 is 29.0. The van der Waals surface area contributed by atoms with Crippen molar-refractivity contribution in [3.63, 3.8) is 0 Å². The number of nitrogens with one attached hydrogen (secondary N) is 2. The van der Waals surface area contributed by atoms with E-state index in [1.54, 1.807) is 30.3 Å². The fourth-order valence-electron chi connectivity index (χ4n) is 4.89. The lowest BCUT2D eigenvalue weighted by atomic mass is 9.77. The summed E-state index contributed by atoms with van der Waals surface area (Å²) in [6, 6.07) is 17.3. The summed E-state index contributed by atoms with van der Waals surface area (Å²) in [4.78, 5) is 10.8. The second kappa shape index (κ2) is 8.29. The molecule has 0 fully saturated rings. The van der Waals surface area contributed by atoms with Crippen molar-refractivity contribution in [3.05, 3.63) is 105 Å². The molecule has 0 spiro atoms. The van der Waals surface area contributed by atoms with Gasteiger partial charge in [0, 0.05) is 29.4 Å². The van der Waals surface area contributed by atoms with Gasteiger partial charge < -0.3 is 5.32 Å². The van der Waals surface area contributed by atoms with Crippen LogP contribution >= 0.6 is 0 Å². The van der Waals surface area contributed by atoms with Gasteiger partial charge in [-0.05, 0) is 78.8 Å². The number of benzene rings is 3. The first kappa shape index (κ1) is 22.2. The van der Waals surface area contributed by atoms with Crippen molar-refractivity contribution in [2.24, 2.45) is 5.92 Å². The van der Waals surface area contributed by atoms with Crippen LogP contribution in [0.3, 0.4) is 0 Å². The van der Waals surface area contributed by atoms with E-state index >= 15 is 0 Å². The van der Waals surface area contributed by atoms with Crippen LogP contribution in [0.2, 0.25) is 0 Å². The van der Waals surface area contributed by atoms with E-state index in [2.05, 4.69) is 22.2 Å². The van der Waals surface area contributed by atoms with Gasteiger partial charge in [-0.1, -0.05) is 30.4 Å². The minimum atomic E-state index is -3.75. The van der Waals surface area contributed by atoms with Crippen LogP contribution in [-0.4, -0.2) is 13.3 Å². The Morgan fingerprint density at radius 2 is 1.76 bits per heavy atom. The van der Waals surface area contributed by atoms with Crippen molar-refractivity contribution < 1.29 is 13.3 Å². The van der Waals surface area contributed by atoms with Crippen LogP contribution in [0, 0.1) is 29.9 Å². The number of nitro groups is 1. The summed E-state index contributed by atoms with van der Waals surface area (Å²) in [6.07, 6.45) is 5.10. The van der Waals surface area contributed by atoms with Gasteiger partial charge >= 0.3 is 0 Å². The first-order valence-electron chi connectivity index (χ1n) is 11.1. The number of rotatable bonds is 5. The standard InChI is InChI=1S/C26H25N3O4S/c1-16-6-9-19(14-17(16)2)28-34(32,33)21-12-13-25-24(15-21)22-4-3-5-23(22)26(27-25)18-7-10-20(11-8-18)29(30)31/h3-4,6-15,22-23,26-28H,5H2,1-2H3/t22-,23+,26+/m0/s1. The molecule has 34 heavy (non-hydrogen) atoms. The van der Waals surface area contributed by atoms with E-state index in [0.29, 0.717) is 5.69 Å². The summed E-state index contributed by atoms with van der Waals surface area (Å²) >= 11 is 0. The molecule has 8 heteroatoms. The zero-order valence-electron chi connectivity index (χ0n) is 18.9. The van der Waals surface area contributed by atoms with E-state index < -0.39 is 14.9 Å². The van der Waals surface area contributed by atoms with E-state index in [-0.39, 0.29) is 28.5 Å². The van der Waals surface area contributed by atoms with Gasteiger partial charge in [-0.2, -0.15) is 0 Å². The molecule has 5 rings (SSSR count). The van der Waals surface area contributed by atoms with E-state index in [9.17, 15) is 18.5 Å². The van der Waals surface area contributed by atoms with Crippen LogP contribution in [0.1, 0.15) is 40.6 Å². The maximum atomic E-state index is 13.1. The molecule has 3 atom stereocenters. The maximum Gasteiger partial charge on any atom is 0.269 e. The molecule has 0 unspecified atom stereocenters. The normalized spacial score (nSPS) is 20.8. The molecule has 7 nitrogen and oxygen atoms in total. The Morgan fingerprint density at radius 1 is 1.00 bits per heavy atom. The SMILES string of the molecule is Cc1ccc(NS(=O)(=O)c2ccc3c(c2)[C@H]2C=CC[C@H]2[C@@H](c2ccc([N+](=O)[O-])cc2)N3)cc1C. The van der Waals surface area contributed by atoms with Gasteiger partial charge in [-0.3, -0.25) is 14.8 Å². The third kappa shape index (κ3) is 3.94. The van der Waals surface area contributed by atoms with Crippen LogP contribution in [0.25, 0.3) is 0 Å². The highest BCUT2D eigenvalue weighted by atomic mass is 32.2. The molecule has 0 amide bonds. The number of nitro benzene ring substituents is 1. The van der Waals surface area contributed by atoms with Gasteiger partial charge in [0.15, 0.2) is 0 Å². The number of fused-ring (bicyclic) bond motifs is 3. The molecule has 1 aliphatic carbocycles. The van der Waals surface area contributed by atoms with Crippen LogP contribution in [0.15, 0.2) is 77.7 Å². The zero-order valence-corrected chi connectivity index (χ0v) is 19.7. The quantitative estimate of drug-likeness (QED) is 0.274. The smallest absolute Gasteiger partial charge is 0.269 e. The fraction of sp³-hybridized carbons (Fsp3) is 0.231. The van der Waals surface area contributed by atoms with Crippen LogP contribution in [0.5, 0.6) is 0 Å². The Morgan fingerprint density at radius 3 is 2.47 bits per heavy atom. The molecule has 0 bridgehead atoms. The molecule has 2 aliphatic rings. The van der Waals surface area contributed by atoms with Gasteiger partial charge in [0.05, 0.1) is 15.9 Å². The summed E-state index contributed by atoms with van der Waals surface area (Å²) in [6.45, 7) is 3.94. The molecule has 1 heterocycles. The monoisotopic (exact) mass is 475 g/mol. The first-order valence-corrected chi connectivity index (χ1v) is 12.6. The third-order valence-corrected chi connectivity index (χ3v) is 8.25. The molecule has 3 aromatic carbocycles. The van der Waals surface area contributed by atoms with Crippen LogP contribution in [0.4, 0.5) is 17.1 Å². The second-order valence-electron chi connectivity index (χ2n) is 8.98. The average Bonchev–Trinajstić information content (AvgIpc) is 3.31. The van der Waals surface area contributed by atoms with Crippen molar-refractivity contribution in [2.45, 2.75) is 37.1 Å². The molecule has 174 valence electrons. The second-order valence-corrected chi connectivity index (χ2v) is 10.7. The highest BCUT2D eigenvalue weighted by molar-refractivity contribution is 7.92. The number of hydrogen-bond acceptors (Lipinski definition) is 5. The first-order chi connectivity index (χ1) is 16.2. The number of anilines is 2. The van der Waals surface area contributed by atoms with Crippen molar-refractivity contribution >= 4 is 27.1 Å². The Kier molecular flexibility index (Phi) is 5.40. The summed E-state index contributed by atoms with van der Waals surface area (Å²) in [5.41, 5.74) is 5.52. The number of allylic oxidation sites excluding steroid dienone is 2. The predicted octanol–water partition coefficient (Wildman–Crippen LogP) is 5.84. The molecule has 3 aromatic rings. The maximum absolute atomic E-state index is 13.1. The van der Waals surface area contributed by atoms with Crippen LogP contribution in [-0.2, 0) is 10.0 Å². The van der Waals surface area contributed by atoms with Crippen molar-refractivity contribution in [2.75, 3.05) is 10.0 Å². The number of sulfonamides is 1. The Labute approximate surface area is 198 Å². The molecule has 2 N–H and O–H groups in total. The summed E-state index contributed by atoms with van der Waals surface area (Å²) in [5, 5.41) is 14.6. The predicted molar refractivity (Wildman–Crippen MR) is 133 cm³/mol. The molecular formula is C26H25N3O4S. The molecule has 0 saturated heterocycles. The third-order valence-electron chi connectivity index (χ3n) is 6.87. The zero-order chi connectivity index (χ0) is 24.0. The van der Waals surface area contributed by atoms with Gasteiger partial charge in [-0.25, -0.2) is 8.42 Å². The van der Waals surface area contributed by atoms with Crippen LogP contribution < -0.4 is 10.0 Å². The largest absolute Gasteiger partial charge is 0.378 e. The van der Waals surface area contributed by atoms with Gasteiger partial charge in [0.1, 0.15) is 0 Å². The van der Waals surface area contributed by atoms with Gasteiger partial charge in [0.25, 0.3) is 15.7 Å². The van der Waals surface area contributed by atoms with E-state index in [4.69, 9.17) is 0 Å².